The van der Waals surface area contributed by atoms with Gasteiger partial charge >= 0.3 is 12.0 Å². The van der Waals surface area contributed by atoms with Gasteiger partial charge in [0.25, 0.3) is 0 Å². The zero-order chi connectivity index (χ0) is 17.6. The molecular weight excluding hydrogens is 320 g/mol. The highest BCUT2D eigenvalue weighted by Gasteiger charge is 2.62. The maximum absolute atomic E-state index is 14.2. The van der Waals surface area contributed by atoms with Gasteiger partial charge in [0, 0.05) is 5.92 Å². The van der Waals surface area contributed by atoms with Crippen LogP contribution < -0.4 is 0 Å². The molecule has 0 spiro atoms. The first-order valence-electron chi connectivity index (χ1n) is 9.80. The number of rotatable bonds is 8. The molecule has 24 heavy (non-hydrogen) atoms. The minimum atomic E-state index is -4.34. The van der Waals surface area contributed by atoms with Crippen LogP contribution in [-0.2, 0) is 4.74 Å². The molecular formula is C19H32F4O. The fraction of sp³-hybridized carbons (Fsp3) is 1.00. The maximum Gasteiger partial charge on any atom is 0.419 e. The van der Waals surface area contributed by atoms with Crippen molar-refractivity contribution in [1.29, 1.82) is 0 Å². The number of hydrogen-bond donors (Lipinski definition) is 0. The van der Waals surface area contributed by atoms with Crippen molar-refractivity contribution < 1.29 is 22.3 Å². The van der Waals surface area contributed by atoms with E-state index in [0.717, 1.165) is 25.7 Å². The lowest BCUT2D eigenvalue weighted by Crippen LogP contribution is -2.50. The van der Waals surface area contributed by atoms with Crippen molar-refractivity contribution in [3.63, 3.8) is 0 Å². The third-order valence-corrected chi connectivity index (χ3v) is 5.83. The van der Waals surface area contributed by atoms with Gasteiger partial charge in [-0.3, -0.25) is 0 Å². The fourth-order valence-electron chi connectivity index (χ4n) is 4.21. The minimum Gasteiger partial charge on any atom is -0.312 e. The molecule has 2 aliphatic rings. The van der Waals surface area contributed by atoms with Gasteiger partial charge in [-0.2, -0.15) is 17.6 Å². The summed E-state index contributed by atoms with van der Waals surface area (Å²) in [5, 5.41) is 0. The lowest BCUT2D eigenvalue weighted by molar-refractivity contribution is -0.378. The Bertz CT molecular complexity index is 358. The molecule has 0 saturated heterocycles. The standard InChI is InChI=1S/C19H32F4O/c1-2-3-5-8-15-11-13-17(14-12-15)24-19(22,23)18(20,21)16-9-6-4-7-10-16/h15-17H,2-14H2,1H3. The third-order valence-electron chi connectivity index (χ3n) is 5.83. The van der Waals surface area contributed by atoms with Crippen LogP contribution in [0.3, 0.4) is 0 Å². The highest BCUT2D eigenvalue weighted by atomic mass is 19.3. The molecule has 0 atom stereocenters. The molecule has 0 radical (unpaired) electrons. The molecule has 2 rings (SSSR count). The molecule has 0 aliphatic heterocycles. The van der Waals surface area contributed by atoms with E-state index in [-0.39, 0.29) is 12.8 Å². The van der Waals surface area contributed by atoms with Crippen LogP contribution in [-0.4, -0.2) is 18.1 Å². The van der Waals surface area contributed by atoms with Gasteiger partial charge in [0.15, 0.2) is 0 Å². The highest BCUT2D eigenvalue weighted by Crippen LogP contribution is 2.48. The van der Waals surface area contributed by atoms with Crippen molar-refractivity contribution in [2.24, 2.45) is 11.8 Å². The number of unbranched alkanes of at least 4 members (excludes halogenated alkanes) is 2. The van der Waals surface area contributed by atoms with E-state index in [0.29, 0.717) is 31.6 Å². The zero-order valence-corrected chi connectivity index (χ0v) is 14.8. The van der Waals surface area contributed by atoms with Gasteiger partial charge < -0.3 is 4.74 Å². The van der Waals surface area contributed by atoms with Crippen LogP contribution in [0.2, 0.25) is 0 Å². The molecule has 0 heterocycles. The van der Waals surface area contributed by atoms with Gasteiger partial charge in [-0.25, -0.2) is 0 Å². The first-order valence-corrected chi connectivity index (χ1v) is 9.80. The molecule has 0 aromatic heterocycles. The van der Waals surface area contributed by atoms with Crippen molar-refractivity contribution in [1.82, 2.24) is 0 Å². The molecule has 142 valence electrons. The van der Waals surface area contributed by atoms with Crippen LogP contribution in [0.5, 0.6) is 0 Å². The summed E-state index contributed by atoms with van der Waals surface area (Å²) in [5.41, 5.74) is 0. The lowest BCUT2D eigenvalue weighted by Gasteiger charge is -2.38. The Kier molecular flexibility index (Phi) is 7.39. The Hall–Kier alpha value is -0.320. The molecule has 2 aliphatic carbocycles. The molecule has 5 heteroatoms. The smallest absolute Gasteiger partial charge is 0.312 e. The summed E-state index contributed by atoms with van der Waals surface area (Å²) in [6, 6.07) is 0. The summed E-state index contributed by atoms with van der Waals surface area (Å²) in [7, 11) is 0. The number of alkyl halides is 4. The Balaban J connectivity index is 1.81. The fourth-order valence-corrected chi connectivity index (χ4v) is 4.21. The summed E-state index contributed by atoms with van der Waals surface area (Å²) < 4.78 is 61.5. The summed E-state index contributed by atoms with van der Waals surface area (Å²) in [5.74, 6) is -4.75. The normalized spacial score (nSPS) is 27.4. The predicted molar refractivity (Wildman–Crippen MR) is 87.4 cm³/mol. The Labute approximate surface area is 143 Å². The van der Waals surface area contributed by atoms with E-state index in [4.69, 9.17) is 0 Å². The summed E-state index contributed by atoms with van der Waals surface area (Å²) in [4.78, 5) is 0. The lowest BCUT2D eigenvalue weighted by atomic mass is 9.83. The van der Waals surface area contributed by atoms with Crippen LogP contribution in [0.1, 0.15) is 90.4 Å². The second kappa shape index (κ2) is 8.86. The maximum atomic E-state index is 14.2. The summed E-state index contributed by atoms with van der Waals surface area (Å²) in [6.45, 7) is 2.15. The molecule has 2 saturated carbocycles. The van der Waals surface area contributed by atoms with Crippen LogP contribution in [0.15, 0.2) is 0 Å². The van der Waals surface area contributed by atoms with Crippen molar-refractivity contribution in [3.05, 3.63) is 0 Å². The quantitative estimate of drug-likeness (QED) is 0.339. The second-order valence-electron chi connectivity index (χ2n) is 7.73. The summed E-state index contributed by atoms with van der Waals surface area (Å²) >= 11 is 0. The topological polar surface area (TPSA) is 9.23 Å². The van der Waals surface area contributed by atoms with E-state index >= 15 is 0 Å². The second-order valence-corrected chi connectivity index (χ2v) is 7.73. The minimum absolute atomic E-state index is 0.177. The van der Waals surface area contributed by atoms with Crippen LogP contribution in [0, 0.1) is 11.8 Å². The SMILES string of the molecule is CCCCCC1CCC(OC(F)(F)C(F)(F)C2CCCCC2)CC1. The van der Waals surface area contributed by atoms with Gasteiger partial charge in [0.2, 0.25) is 0 Å². The van der Waals surface area contributed by atoms with Crippen molar-refractivity contribution >= 4 is 0 Å². The van der Waals surface area contributed by atoms with E-state index in [2.05, 4.69) is 11.7 Å². The third kappa shape index (κ3) is 5.09. The van der Waals surface area contributed by atoms with E-state index < -0.39 is 24.1 Å². The number of ether oxygens (including phenoxy) is 1. The average Bonchev–Trinajstić information content (AvgIpc) is 2.57. The van der Waals surface area contributed by atoms with E-state index in [9.17, 15) is 17.6 Å². The molecule has 0 bridgehead atoms. The largest absolute Gasteiger partial charge is 0.419 e. The number of halogens is 4. The molecule has 2 fully saturated rings. The Morgan fingerprint density at radius 2 is 1.46 bits per heavy atom. The molecule has 0 amide bonds. The van der Waals surface area contributed by atoms with Gasteiger partial charge in [0.05, 0.1) is 6.10 Å². The van der Waals surface area contributed by atoms with E-state index in [1.165, 1.54) is 19.3 Å². The van der Waals surface area contributed by atoms with Gasteiger partial charge in [0.1, 0.15) is 0 Å². The highest BCUT2D eigenvalue weighted by molar-refractivity contribution is 4.88. The first-order chi connectivity index (χ1) is 11.4. The molecule has 1 nitrogen and oxygen atoms in total. The van der Waals surface area contributed by atoms with Gasteiger partial charge in [-0.05, 0) is 44.4 Å². The van der Waals surface area contributed by atoms with Crippen molar-refractivity contribution in [2.75, 3.05) is 0 Å². The van der Waals surface area contributed by atoms with Crippen molar-refractivity contribution in [3.8, 4) is 0 Å². The van der Waals surface area contributed by atoms with Gasteiger partial charge in [-0.15, -0.1) is 0 Å². The molecule has 0 aromatic carbocycles. The first kappa shape index (κ1) is 20.0. The summed E-state index contributed by atoms with van der Waals surface area (Å²) in [6.07, 6.45) is 4.62. The van der Waals surface area contributed by atoms with E-state index in [1.807, 2.05) is 0 Å². The Morgan fingerprint density at radius 3 is 2.04 bits per heavy atom. The van der Waals surface area contributed by atoms with Gasteiger partial charge in [-0.1, -0.05) is 51.9 Å². The molecule has 0 unspecified atom stereocenters. The van der Waals surface area contributed by atoms with Crippen LogP contribution in [0.25, 0.3) is 0 Å². The predicted octanol–water partition coefficient (Wildman–Crippen LogP) is 6.95. The van der Waals surface area contributed by atoms with Crippen LogP contribution in [0.4, 0.5) is 17.6 Å². The molecule has 0 N–H and O–H groups in total. The zero-order valence-electron chi connectivity index (χ0n) is 14.8. The monoisotopic (exact) mass is 352 g/mol. The van der Waals surface area contributed by atoms with E-state index in [1.54, 1.807) is 0 Å². The Morgan fingerprint density at radius 1 is 0.833 bits per heavy atom. The number of hydrogen-bond acceptors (Lipinski definition) is 1. The average molecular weight is 352 g/mol. The van der Waals surface area contributed by atoms with Crippen molar-refractivity contribution in [2.45, 2.75) is 109 Å². The van der Waals surface area contributed by atoms with Crippen LogP contribution >= 0.6 is 0 Å². The molecule has 0 aromatic rings.